The first kappa shape index (κ1) is 17.7. The van der Waals surface area contributed by atoms with Crippen LogP contribution in [-0.4, -0.2) is 36.5 Å². The maximum Gasteiger partial charge on any atom is 0.291 e. The highest BCUT2D eigenvalue weighted by Gasteiger charge is 2.12. The third kappa shape index (κ3) is 3.92. The van der Waals surface area contributed by atoms with Crippen molar-refractivity contribution in [1.29, 1.82) is 0 Å². The van der Waals surface area contributed by atoms with E-state index in [0.29, 0.717) is 17.1 Å². The number of aromatic amines is 1. The minimum atomic E-state index is -0.404. The van der Waals surface area contributed by atoms with Crippen LogP contribution in [0.5, 0.6) is 11.5 Å². The average molecular weight is 370 g/mol. The number of aryl methyl sites for hydroxylation is 1. The Morgan fingerprint density at radius 3 is 2.77 bits per heavy atom. The van der Waals surface area contributed by atoms with Gasteiger partial charge in [-0.15, -0.1) is 11.3 Å². The Morgan fingerprint density at radius 1 is 1.23 bits per heavy atom. The molecular weight excluding hydrogens is 352 g/mol. The molecule has 1 aromatic carbocycles. The quantitative estimate of drug-likeness (QED) is 0.515. The van der Waals surface area contributed by atoms with Gasteiger partial charge in [0.15, 0.2) is 5.69 Å². The summed E-state index contributed by atoms with van der Waals surface area (Å²) in [6.45, 7) is 2.03. The Labute approximate surface area is 154 Å². The lowest BCUT2D eigenvalue weighted by Crippen LogP contribution is -2.18. The van der Waals surface area contributed by atoms with Crippen LogP contribution in [0, 0.1) is 6.92 Å². The van der Waals surface area contributed by atoms with Gasteiger partial charge in [0.2, 0.25) is 0 Å². The predicted octanol–water partition coefficient (Wildman–Crippen LogP) is 3.23. The molecule has 0 atom stereocenters. The number of rotatable bonds is 6. The Bertz CT molecular complexity index is 946. The summed E-state index contributed by atoms with van der Waals surface area (Å²) in [6.07, 6.45) is 1.50. The van der Waals surface area contributed by atoms with Crippen molar-refractivity contribution in [3.8, 4) is 22.1 Å². The molecule has 0 aliphatic rings. The van der Waals surface area contributed by atoms with E-state index < -0.39 is 5.91 Å². The summed E-state index contributed by atoms with van der Waals surface area (Å²) in [5, 5.41) is 10.9. The highest BCUT2D eigenvalue weighted by molar-refractivity contribution is 7.15. The van der Waals surface area contributed by atoms with Gasteiger partial charge in [-0.1, -0.05) is 0 Å². The molecule has 0 fully saturated rings. The van der Waals surface area contributed by atoms with Crippen LogP contribution in [0.1, 0.15) is 20.9 Å². The molecule has 0 spiro atoms. The van der Waals surface area contributed by atoms with Gasteiger partial charge in [0, 0.05) is 10.4 Å². The summed E-state index contributed by atoms with van der Waals surface area (Å²) in [4.78, 5) is 14.4. The predicted molar refractivity (Wildman–Crippen MR) is 101 cm³/mol. The molecule has 2 N–H and O–H groups in total. The largest absolute Gasteiger partial charge is 0.497 e. The van der Waals surface area contributed by atoms with Crippen molar-refractivity contribution in [3.05, 3.63) is 52.5 Å². The Kier molecular flexibility index (Phi) is 5.33. The maximum atomic E-state index is 12.2. The van der Waals surface area contributed by atoms with Crippen molar-refractivity contribution >= 4 is 23.5 Å². The number of nitrogens with one attached hydrogen (secondary N) is 2. The highest BCUT2D eigenvalue weighted by Crippen LogP contribution is 2.26. The lowest BCUT2D eigenvalue weighted by molar-refractivity contribution is 0.0950. The molecule has 3 rings (SSSR count). The molecule has 26 heavy (non-hydrogen) atoms. The number of carbonyl (C=O) groups is 1. The van der Waals surface area contributed by atoms with E-state index in [4.69, 9.17) is 9.47 Å². The van der Waals surface area contributed by atoms with Crippen molar-refractivity contribution in [2.45, 2.75) is 6.92 Å². The summed E-state index contributed by atoms with van der Waals surface area (Å²) < 4.78 is 10.4. The zero-order valence-corrected chi connectivity index (χ0v) is 15.4. The van der Waals surface area contributed by atoms with E-state index in [9.17, 15) is 4.79 Å². The Balaban J connectivity index is 1.69. The van der Waals surface area contributed by atoms with Crippen LogP contribution >= 0.6 is 11.3 Å². The number of amides is 1. The van der Waals surface area contributed by atoms with Gasteiger partial charge in [0.25, 0.3) is 5.91 Å². The first-order valence-electron chi connectivity index (χ1n) is 7.78. The lowest BCUT2D eigenvalue weighted by Gasteiger charge is -2.06. The van der Waals surface area contributed by atoms with Crippen molar-refractivity contribution in [2.75, 3.05) is 14.2 Å². The molecule has 0 unspecified atom stereocenters. The van der Waals surface area contributed by atoms with Crippen LogP contribution in [0.25, 0.3) is 10.6 Å². The topological polar surface area (TPSA) is 88.6 Å². The second-order valence-electron chi connectivity index (χ2n) is 5.38. The van der Waals surface area contributed by atoms with Gasteiger partial charge in [-0.2, -0.15) is 10.2 Å². The van der Waals surface area contributed by atoms with Gasteiger partial charge in [-0.3, -0.25) is 9.89 Å². The van der Waals surface area contributed by atoms with E-state index >= 15 is 0 Å². The van der Waals surface area contributed by atoms with Gasteiger partial charge >= 0.3 is 0 Å². The second-order valence-corrected chi connectivity index (χ2v) is 6.67. The zero-order valence-electron chi connectivity index (χ0n) is 14.6. The van der Waals surface area contributed by atoms with E-state index in [1.807, 2.05) is 19.1 Å². The monoisotopic (exact) mass is 370 g/mol. The van der Waals surface area contributed by atoms with Crippen molar-refractivity contribution < 1.29 is 14.3 Å². The van der Waals surface area contributed by atoms with Gasteiger partial charge in [0.1, 0.15) is 11.5 Å². The Morgan fingerprint density at radius 2 is 2.08 bits per heavy atom. The van der Waals surface area contributed by atoms with Crippen LogP contribution in [0.15, 0.2) is 41.5 Å². The number of thiophene rings is 1. The molecule has 2 aromatic heterocycles. The number of hydrazone groups is 1. The molecule has 0 radical (unpaired) electrons. The minimum absolute atomic E-state index is 0.265. The van der Waals surface area contributed by atoms with E-state index in [0.717, 1.165) is 10.6 Å². The fourth-order valence-electron chi connectivity index (χ4n) is 2.30. The van der Waals surface area contributed by atoms with Crippen molar-refractivity contribution in [3.63, 3.8) is 0 Å². The third-order valence-corrected chi connectivity index (χ3v) is 4.66. The standard InChI is InChI=1S/C18H18N4O3S/c1-11-4-7-17(26-11)14-9-15(21-20-14)18(23)22-19-10-12-8-13(24-2)5-6-16(12)25-3/h4-10H,1-3H3,(H,20,21)(H,22,23)/b19-10-. The number of methoxy groups -OCH3 is 2. The summed E-state index contributed by atoms with van der Waals surface area (Å²) in [5.41, 5.74) is 4.21. The molecule has 8 heteroatoms. The summed E-state index contributed by atoms with van der Waals surface area (Å²) in [7, 11) is 3.14. The number of nitrogens with zero attached hydrogens (tertiary/aromatic N) is 2. The molecule has 0 aliphatic carbocycles. The Hall–Kier alpha value is -3.13. The van der Waals surface area contributed by atoms with E-state index in [2.05, 4.69) is 20.7 Å². The van der Waals surface area contributed by atoms with Crippen molar-refractivity contribution in [1.82, 2.24) is 15.6 Å². The van der Waals surface area contributed by atoms with E-state index in [-0.39, 0.29) is 5.69 Å². The van der Waals surface area contributed by atoms with Crippen LogP contribution in [-0.2, 0) is 0 Å². The van der Waals surface area contributed by atoms with Gasteiger partial charge in [-0.25, -0.2) is 5.43 Å². The molecule has 0 saturated heterocycles. The maximum absolute atomic E-state index is 12.2. The SMILES string of the molecule is COc1ccc(OC)c(/C=N\NC(=O)c2cc(-c3ccc(C)s3)[nH]n2)c1. The molecule has 0 saturated carbocycles. The normalized spacial score (nSPS) is 10.9. The average Bonchev–Trinajstić information content (AvgIpc) is 3.30. The van der Waals surface area contributed by atoms with Crippen LogP contribution in [0.4, 0.5) is 0 Å². The van der Waals surface area contributed by atoms with E-state index in [1.54, 1.807) is 49.8 Å². The zero-order chi connectivity index (χ0) is 18.5. The number of ether oxygens (including phenoxy) is 2. The molecule has 134 valence electrons. The summed E-state index contributed by atoms with van der Waals surface area (Å²) >= 11 is 1.63. The summed E-state index contributed by atoms with van der Waals surface area (Å²) in [6, 6.07) is 11.0. The lowest BCUT2D eigenvalue weighted by atomic mass is 10.2. The first-order valence-corrected chi connectivity index (χ1v) is 8.60. The van der Waals surface area contributed by atoms with Crippen molar-refractivity contribution in [2.24, 2.45) is 5.10 Å². The van der Waals surface area contributed by atoms with E-state index in [1.165, 1.54) is 11.1 Å². The molecule has 2 heterocycles. The smallest absolute Gasteiger partial charge is 0.291 e. The van der Waals surface area contributed by atoms with Crippen LogP contribution < -0.4 is 14.9 Å². The number of hydrogen-bond acceptors (Lipinski definition) is 6. The number of aromatic nitrogens is 2. The minimum Gasteiger partial charge on any atom is -0.497 e. The fraction of sp³-hybridized carbons (Fsp3) is 0.167. The molecule has 0 bridgehead atoms. The molecule has 7 nitrogen and oxygen atoms in total. The summed E-state index contributed by atoms with van der Waals surface area (Å²) in [5.74, 6) is 0.888. The molecule has 0 aliphatic heterocycles. The number of benzene rings is 1. The highest BCUT2D eigenvalue weighted by atomic mass is 32.1. The van der Waals surface area contributed by atoms with Gasteiger partial charge in [-0.05, 0) is 43.3 Å². The number of H-pyrrole nitrogens is 1. The van der Waals surface area contributed by atoms with Crippen LogP contribution in [0.2, 0.25) is 0 Å². The fourth-order valence-corrected chi connectivity index (χ4v) is 3.14. The first-order chi connectivity index (χ1) is 12.6. The number of hydrogen-bond donors (Lipinski definition) is 2. The third-order valence-electron chi connectivity index (χ3n) is 3.62. The van der Waals surface area contributed by atoms with Crippen LogP contribution in [0.3, 0.4) is 0 Å². The van der Waals surface area contributed by atoms with Gasteiger partial charge < -0.3 is 9.47 Å². The second kappa shape index (κ2) is 7.83. The molecule has 3 aromatic rings. The molecular formula is C18H18N4O3S. The molecule has 1 amide bonds. The number of carbonyl (C=O) groups excluding carboxylic acids is 1. The van der Waals surface area contributed by atoms with Gasteiger partial charge in [0.05, 0.1) is 31.0 Å².